The van der Waals surface area contributed by atoms with E-state index >= 15 is 0 Å². The largest absolute Gasteiger partial charge is 1.00 e. The van der Waals surface area contributed by atoms with E-state index in [1.165, 1.54) is 105 Å². The average Bonchev–Trinajstić information content (AvgIpc) is 3.81. The first-order valence-electron chi connectivity index (χ1n) is 18.4. The van der Waals surface area contributed by atoms with Gasteiger partial charge in [0.2, 0.25) is 0 Å². The van der Waals surface area contributed by atoms with Crippen LogP contribution in [0.1, 0.15) is 72.2 Å². The number of rotatable bonds is 5. The van der Waals surface area contributed by atoms with Crippen molar-refractivity contribution in [3.63, 3.8) is 0 Å². The molecule has 272 valence electrons. The van der Waals surface area contributed by atoms with Crippen LogP contribution in [0.4, 0.5) is 0 Å². The van der Waals surface area contributed by atoms with Gasteiger partial charge < -0.3 is 24.8 Å². The first-order chi connectivity index (χ1) is 25.1. The molecule has 0 saturated heterocycles. The summed E-state index contributed by atoms with van der Waals surface area (Å²) in [7, 11) is 0. The van der Waals surface area contributed by atoms with E-state index in [9.17, 15) is 0 Å². The summed E-state index contributed by atoms with van der Waals surface area (Å²) in [4.78, 5) is 0. The van der Waals surface area contributed by atoms with Crippen LogP contribution in [0.2, 0.25) is 0 Å². The Kier molecular flexibility index (Phi) is 15.5. The zero-order valence-corrected chi connectivity index (χ0v) is 36.2. The molecule has 0 spiro atoms. The van der Waals surface area contributed by atoms with E-state index < -0.39 is 0 Å². The van der Waals surface area contributed by atoms with Gasteiger partial charge in [0.1, 0.15) is 0 Å². The number of hydrogen-bond donors (Lipinski definition) is 0. The molecule has 0 N–H and O–H groups in total. The smallest absolute Gasteiger partial charge is 0.0181 e. The number of aryl methyl sites for hydroxylation is 3. The molecule has 0 aromatic heterocycles. The van der Waals surface area contributed by atoms with Crippen molar-refractivity contribution in [2.24, 2.45) is 0 Å². The van der Waals surface area contributed by atoms with Crippen molar-refractivity contribution in [1.82, 2.24) is 0 Å². The summed E-state index contributed by atoms with van der Waals surface area (Å²) in [6.45, 7) is 13.2. The number of fused-ring (bicyclic) bond motifs is 3. The van der Waals surface area contributed by atoms with Crippen LogP contribution in [0.15, 0.2) is 158 Å². The molecule has 7 aromatic rings. The molecule has 0 fully saturated rings. The van der Waals surface area contributed by atoms with Crippen molar-refractivity contribution in [2.75, 3.05) is 0 Å². The molecule has 0 amide bonds. The van der Waals surface area contributed by atoms with Crippen molar-refractivity contribution in [1.29, 1.82) is 0 Å². The summed E-state index contributed by atoms with van der Waals surface area (Å²) in [5.41, 5.74) is 18.9. The van der Waals surface area contributed by atoms with Gasteiger partial charge in [-0.2, -0.15) is 23.3 Å². The van der Waals surface area contributed by atoms with Crippen molar-refractivity contribution in [3.8, 4) is 33.4 Å². The Balaban J connectivity index is 0.000000194. The molecule has 7 aromatic carbocycles. The summed E-state index contributed by atoms with van der Waals surface area (Å²) < 4.78 is 1.42. The van der Waals surface area contributed by atoms with Crippen LogP contribution in [0.5, 0.6) is 0 Å². The second-order valence-electron chi connectivity index (χ2n) is 14.8. The topological polar surface area (TPSA) is 0 Å². The Morgan fingerprint density at radius 2 is 1.17 bits per heavy atom. The fraction of sp³-hybridized carbons (Fsp3) is 0.176. The summed E-state index contributed by atoms with van der Waals surface area (Å²) in [5, 5.41) is 0. The third-order valence-corrected chi connectivity index (χ3v) is 11.2. The standard InChI is InChI=1S/C25H17.C15H14.C11H17.2ClH.Zr/c1-3-7-18(8-4-1)20-11-13-24-22(15-20)17-23-16-21(12-14-25(23)24)19-9-5-2-6-10-19;1-12-3-7-14(8-4-12)11-15-9-5-13(2)6-10-15;1-5-9-6-7-10(8-9)11(2,3)4;;;/h1-15H,17H2;3-10H,1-2H3;6-8H,5H2,1-4H3;2*1H;/q-1;;-1;;;+2/p-2. The van der Waals surface area contributed by atoms with Gasteiger partial charge in [-0.1, -0.05) is 135 Å². The summed E-state index contributed by atoms with van der Waals surface area (Å²) in [5.74, 6) is 0. The van der Waals surface area contributed by atoms with E-state index in [1.807, 2.05) is 0 Å². The van der Waals surface area contributed by atoms with E-state index in [0.717, 1.165) is 12.8 Å². The Morgan fingerprint density at radius 3 is 1.67 bits per heavy atom. The Bertz CT molecular complexity index is 2100. The van der Waals surface area contributed by atoms with Crippen LogP contribution in [0.25, 0.3) is 33.4 Å². The molecule has 0 bridgehead atoms. The number of benzene rings is 6. The molecule has 0 unspecified atom stereocenters. The van der Waals surface area contributed by atoms with Crippen LogP contribution in [0.3, 0.4) is 0 Å². The Hall–Kier alpha value is -4.00. The molecule has 0 saturated carbocycles. The quantitative estimate of drug-likeness (QED) is 0.163. The maximum atomic E-state index is 3.65. The monoisotopic (exact) mass is 820 g/mol. The predicted molar refractivity (Wildman–Crippen MR) is 220 cm³/mol. The first kappa shape index (κ1) is 42.7. The normalized spacial score (nSPS) is 11.0. The fourth-order valence-electron chi connectivity index (χ4n) is 6.51. The number of halogens is 2. The van der Waals surface area contributed by atoms with E-state index in [1.54, 1.807) is 0 Å². The molecule has 8 rings (SSSR count). The molecule has 0 radical (unpaired) electrons. The SMILES string of the molecule is CCc1cc(C(C)(C)C)c[cH-]1.Cc1ccc([C](=[Zr+2])c2ccc(C)cc2)cc1.[Cl-].[Cl-].[c-]1c(-c2ccccc2)ccc2c1Cc1cc(-c3ccccc3)ccc1-2. The summed E-state index contributed by atoms with van der Waals surface area (Å²) >= 11 is 1.46. The molecule has 0 atom stereocenters. The van der Waals surface area contributed by atoms with Gasteiger partial charge in [0.25, 0.3) is 0 Å². The molecular formula is C51H48Cl2Zr-2. The van der Waals surface area contributed by atoms with E-state index in [2.05, 4.69) is 205 Å². The van der Waals surface area contributed by atoms with Crippen molar-refractivity contribution >= 4 is 3.21 Å². The minimum Gasteiger partial charge on any atom is -1.00 e. The van der Waals surface area contributed by atoms with Crippen LogP contribution >= 0.6 is 0 Å². The van der Waals surface area contributed by atoms with Crippen molar-refractivity contribution < 1.29 is 49.0 Å². The first-order valence-corrected chi connectivity index (χ1v) is 19.6. The average molecular weight is 823 g/mol. The van der Waals surface area contributed by atoms with Gasteiger partial charge in [0.15, 0.2) is 0 Å². The van der Waals surface area contributed by atoms with Gasteiger partial charge in [-0.3, -0.25) is 0 Å². The molecule has 0 heterocycles. The molecule has 3 heteroatoms. The predicted octanol–water partition coefficient (Wildman–Crippen LogP) is 7.08. The fourth-order valence-corrected chi connectivity index (χ4v) is 7.33. The van der Waals surface area contributed by atoms with Crippen LogP contribution in [-0.4, -0.2) is 3.21 Å². The van der Waals surface area contributed by atoms with Gasteiger partial charge in [0, 0.05) is 0 Å². The van der Waals surface area contributed by atoms with Gasteiger partial charge in [-0.05, 0) is 23.1 Å². The minimum absolute atomic E-state index is 0. The minimum atomic E-state index is 0. The van der Waals surface area contributed by atoms with Gasteiger partial charge in [-0.15, -0.1) is 29.3 Å². The van der Waals surface area contributed by atoms with Crippen LogP contribution in [-0.2, 0) is 42.5 Å². The zero-order valence-electron chi connectivity index (χ0n) is 32.2. The van der Waals surface area contributed by atoms with Crippen molar-refractivity contribution in [2.45, 2.75) is 59.8 Å². The molecule has 0 nitrogen and oxygen atoms in total. The van der Waals surface area contributed by atoms with Gasteiger partial charge in [-0.25, -0.2) is 6.07 Å². The third kappa shape index (κ3) is 10.8. The molecule has 54 heavy (non-hydrogen) atoms. The number of hydrogen-bond acceptors (Lipinski definition) is 0. The van der Waals surface area contributed by atoms with Crippen molar-refractivity contribution in [3.05, 3.63) is 208 Å². The maximum Gasteiger partial charge on any atom is -0.0181 e. The van der Waals surface area contributed by atoms with Gasteiger partial charge >= 0.3 is 112 Å². The molecule has 0 aliphatic heterocycles. The second kappa shape index (κ2) is 19.5. The Labute approximate surface area is 351 Å². The Morgan fingerprint density at radius 1 is 0.630 bits per heavy atom. The van der Waals surface area contributed by atoms with Crippen LogP contribution in [0, 0.1) is 19.9 Å². The summed E-state index contributed by atoms with van der Waals surface area (Å²) in [6, 6.07) is 60.3. The van der Waals surface area contributed by atoms with Crippen LogP contribution < -0.4 is 24.8 Å². The van der Waals surface area contributed by atoms with E-state index in [4.69, 9.17) is 0 Å². The summed E-state index contributed by atoms with van der Waals surface area (Å²) in [6.07, 6.45) is 2.11. The third-order valence-electron chi connectivity index (χ3n) is 9.75. The van der Waals surface area contributed by atoms with E-state index in [0.29, 0.717) is 5.41 Å². The maximum absolute atomic E-state index is 3.65. The second-order valence-corrected chi connectivity index (χ2v) is 16.0. The van der Waals surface area contributed by atoms with Gasteiger partial charge in [0.05, 0.1) is 0 Å². The molecule has 1 aliphatic rings. The molecule has 1 aliphatic carbocycles. The zero-order chi connectivity index (χ0) is 36.7. The van der Waals surface area contributed by atoms with E-state index in [-0.39, 0.29) is 24.8 Å². The molecular weight excluding hydrogens is 775 g/mol.